The number of nitrogens with one attached hydrogen (secondary N) is 2. The van der Waals surface area contributed by atoms with Gasteiger partial charge in [0.1, 0.15) is 18.3 Å². The number of aliphatic hydroxyl groups excluding tert-OH is 3. The maximum absolute atomic E-state index is 12.6. The van der Waals surface area contributed by atoms with E-state index in [1.54, 1.807) is 0 Å². The number of amides is 1. The second-order valence-electron chi connectivity index (χ2n) is 8.04. The molecule has 0 aliphatic carbocycles. The lowest BCUT2D eigenvalue weighted by molar-refractivity contribution is -0.114. The number of phosphoric acid groups is 1. The Hall–Kier alpha value is -2.49. The minimum atomic E-state index is -5.26. The van der Waals surface area contributed by atoms with Crippen LogP contribution in [0.1, 0.15) is 24.3 Å². The molecule has 1 aliphatic rings. The number of aromatic amines is 1. The van der Waals surface area contributed by atoms with Crippen molar-refractivity contribution in [3.8, 4) is 0 Å². The summed E-state index contributed by atoms with van der Waals surface area (Å²) in [4.78, 5) is 56.7. The van der Waals surface area contributed by atoms with Crippen LogP contribution in [0.5, 0.6) is 0 Å². The van der Waals surface area contributed by atoms with Crippen molar-refractivity contribution in [3.05, 3.63) is 62.4 Å². The van der Waals surface area contributed by atoms with Crippen molar-refractivity contribution in [3.63, 3.8) is 0 Å². The van der Waals surface area contributed by atoms with E-state index in [2.05, 4.69) is 14.2 Å². The lowest BCUT2D eigenvalue weighted by Crippen LogP contribution is -2.37. The Morgan fingerprint density at radius 3 is 2.51 bits per heavy atom. The van der Waals surface area contributed by atoms with Gasteiger partial charge in [0.15, 0.2) is 6.23 Å². The minimum Gasteiger partial charge on any atom is -0.392 e. The summed E-state index contributed by atoms with van der Waals surface area (Å²) in [6, 6.07) is 5.08. The molecule has 3 rings (SSSR count). The van der Waals surface area contributed by atoms with Crippen molar-refractivity contribution in [1.82, 2.24) is 9.55 Å². The number of aliphatic hydroxyl groups is 3. The van der Waals surface area contributed by atoms with Gasteiger partial charge in [-0.05, 0) is 17.2 Å². The van der Waals surface area contributed by atoms with Crippen LogP contribution >= 0.6 is 15.4 Å². The Morgan fingerprint density at radius 2 is 1.89 bits per heavy atom. The van der Waals surface area contributed by atoms with Gasteiger partial charge in [-0.25, -0.2) is 13.7 Å². The van der Waals surface area contributed by atoms with E-state index < -0.39 is 76.5 Å². The van der Waals surface area contributed by atoms with Gasteiger partial charge in [0, 0.05) is 24.9 Å². The minimum absolute atomic E-state index is 0.0273. The fraction of sp³-hybridized carbons (Fsp3) is 0.421. The first-order chi connectivity index (χ1) is 17.2. The van der Waals surface area contributed by atoms with Gasteiger partial charge in [0.25, 0.3) is 5.56 Å². The number of anilines is 1. The third-order valence-electron chi connectivity index (χ3n) is 5.13. The van der Waals surface area contributed by atoms with E-state index in [0.717, 1.165) is 16.8 Å². The molecule has 0 saturated carbocycles. The Balaban J connectivity index is 1.68. The molecule has 0 bridgehead atoms. The van der Waals surface area contributed by atoms with Crippen molar-refractivity contribution in [2.24, 2.45) is 0 Å². The van der Waals surface area contributed by atoms with Gasteiger partial charge in [-0.15, -0.1) is 0 Å². The topological polar surface area (TPSA) is 247 Å². The van der Waals surface area contributed by atoms with Crippen molar-refractivity contribution < 1.29 is 52.6 Å². The molecule has 1 aliphatic heterocycles. The maximum atomic E-state index is 12.6. The highest BCUT2D eigenvalue weighted by Gasteiger charge is 2.45. The molecule has 7 N–H and O–H groups in total. The van der Waals surface area contributed by atoms with E-state index in [4.69, 9.17) is 4.74 Å². The van der Waals surface area contributed by atoms with E-state index in [0.29, 0.717) is 5.56 Å². The summed E-state index contributed by atoms with van der Waals surface area (Å²) in [6.45, 7) is -0.131. The first-order valence-electron chi connectivity index (χ1n) is 10.5. The maximum Gasteiger partial charge on any atom is 0.479 e. The highest BCUT2D eigenvalue weighted by atomic mass is 31.3. The molecule has 1 aromatic carbocycles. The van der Waals surface area contributed by atoms with Gasteiger partial charge in [-0.3, -0.25) is 28.2 Å². The zero-order valence-electron chi connectivity index (χ0n) is 19.2. The number of carbonyl (C=O) groups is 1. The molecule has 204 valence electrons. The van der Waals surface area contributed by atoms with Crippen LogP contribution < -0.4 is 16.6 Å². The van der Waals surface area contributed by atoms with Crippen molar-refractivity contribution in [1.29, 1.82) is 0 Å². The van der Waals surface area contributed by atoms with Gasteiger partial charge in [0.05, 0.1) is 19.4 Å². The third kappa shape index (κ3) is 7.52. The molecule has 1 amide bonds. The van der Waals surface area contributed by atoms with Crippen LogP contribution in [-0.4, -0.2) is 65.5 Å². The summed E-state index contributed by atoms with van der Waals surface area (Å²) in [6.07, 6.45) is -6.22. The zero-order chi connectivity index (χ0) is 27.5. The number of carbonyl (C=O) groups excluding carboxylic acids is 1. The average Bonchev–Trinajstić information content (AvgIpc) is 3.06. The highest BCUT2D eigenvalue weighted by molar-refractivity contribution is 7.63. The molecule has 1 aromatic heterocycles. The normalized spacial score (nSPS) is 24.8. The smallest absolute Gasteiger partial charge is 0.392 e. The molecular formula is C19H25N3O13P2. The molecule has 16 nitrogen and oxygen atoms in total. The monoisotopic (exact) mass is 565 g/mol. The predicted octanol–water partition coefficient (Wildman–Crippen LogP) is -0.874. The van der Waals surface area contributed by atoms with E-state index in [1.807, 2.05) is 4.98 Å². The van der Waals surface area contributed by atoms with E-state index in [1.165, 1.54) is 25.1 Å². The molecule has 18 heteroatoms. The molecule has 0 radical (unpaired) electrons. The van der Waals surface area contributed by atoms with Gasteiger partial charge < -0.3 is 35.2 Å². The largest absolute Gasteiger partial charge is 0.479 e. The van der Waals surface area contributed by atoms with Crippen LogP contribution in [0, 0.1) is 0 Å². The molecule has 3 unspecified atom stereocenters. The second kappa shape index (κ2) is 11.5. The van der Waals surface area contributed by atoms with Crippen LogP contribution in [0.15, 0.2) is 40.1 Å². The predicted molar refractivity (Wildman–Crippen MR) is 124 cm³/mol. The molecular weight excluding hydrogens is 540 g/mol. The van der Waals surface area contributed by atoms with Gasteiger partial charge in [0.2, 0.25) is 5.91 Å². The number of rotatable bonds is 10. The van der Waals surface area contributed by atoms with Crippen LogP contribution in [-0.2, 0) is 40.3 Å². The summed E-state index contributed by atoms with van der Waals surface area (Å²) >= 11 is 0. The number of aromatic nitrogens is 2. The summed E-state index contributed by atoms with van der Waals surface area (Å²) in [7, 11) is -10.2. The summed E-state index contributed by atoms with van der Waals surface area (Å²) < 4.78 is 40.2. The fourth-order valence-electron chi connectivity index (χ4n) is 3.51. The van der Waals surface area contributed by atoms with Gasteiger partial charge >= 0.3 is 21.1 Å². The SMILES string of the molecule is CC(=O)Nc1ccc(CO)cc1CP(=O)(O)OP(=O)(O)OC[C@H]1O[C@@H](n2ccc(=O)[nH]c2=O)C(O)[C@H]1O. The van der Waals surface area contributed by atoms with E-state index >= 15 is 0 Å². The summed E-state index contributed by atoms with van der Waals surface area (Å²) in [5, 5.41) is 32.1. The molecule has 2 heterocycles. The first kappa shape index (κ1) is 29.1. The van der Waals surface area contributed by atoms with Crippen molar-refractivity contribution in [2.45, 2.75) is 44.2 Å². The quantitative estimate of drug-likeness (QED) is 0.173. The first-order valence-corrected chi connectivity index (χ1v) is 13.8. The molecule has 0 spiro atoms. The van der Waals surface area contributed by atoms with Crippen molar-refractivity contribution >= 4 is 27.0 Å². The van der Waals surface area contributed by atoms with Crippen LogP contribution in [0.4, 0.5) is 5.69 Å². The van der Waals surface area contributed by atoms with Gasteiger partial charge in [-0.1, -0.05) is 12.1 Å². The van der Waals surface area contributed by atoms with Crippen molar-refractivity contribution in [2.75, 3.05) is 11.9 Å². The van der Waals surface area contributed by atoms with Crippen LogP contribution in [0.3, 0.4) is 0 Å². The second-order valence-corrected chi connectivity index (χ2v) is 11.5. The van der Waals surface area contributed by atoms with E-state index in [9.17, 15) is 48.6 Å². The number of hydrogen-bond acceptors (Lipinski definition) is 11. The third-order valence-corrected chi connectivity index (χ3v) is 8.19. The Bertz CT molecular complexity index is 1360. The number of H-pyrrole nitrogens is 1. The number of ether oxygens (including phenoxy) is 1. The number of nitrogens with zero attached hydrogens (tertiary/aromatic N) is 1. The van der Waals surface area contributed by atoms with Crippen LogP contribution in [0.25, 0.3) is 0 Å². The molecule has 1 fully saturated rings. The summed E-state index contributed by atoms with van der Waals surface area (Å²) in [5.41, 5.74) is -1.20. The molecule has 1 saturated heterocycles. The standard InChI is InChI=1S/C19H25N3O13P2/c1-10(24)20-13-3-2-11(7-23)6-12(13)9-36(29,30)35-37(31,32)33-8-14-16(26)17(27)18(34-14)22-5-4-15(25)21-19(22)28/h2-6,14,16-18,23,26-27H,7-9H2,1H3,(H,20,24)(H,29,30)(H,31,32)(H,21,25,28)/t14-,16+,17?,18-/m1/s1. The lowest BCUT2D eigenvalue weighted by Gasteiger charge is -2.20. The van der Waals surface area contributed by atoms with Gasteiger partial charge in [-0.2, -0.15) is 0 Å². The number of hydrogen-bond donors (Lipinski definition) is 7. The highest BCUT2D eigenvalue weighted by Crippen LogP contribution is 2.61. The molecule has 2 aromatic rings. The molecule has 37 heavy (non-hydrogen) atoms. The van der Waals surface area contributed by atoms with Crippen LogP contribution in [0.2, 0.25) is 0 Å². The lowest BCUT2D eigenvalue weighted by atomic mass is 10.1. The summed E-state index contributed by atoms with van der Waals surface area (Å²) in [5.74, 6) is -0.498. The Kier molecular flexibility index (Phi) is 9.03. The average molecular weight is 565 g/mol. The Morgan fingerprint density at radius 1 is 1.19 bits per heavy atom. The van der Waals surface area contributed by atoms with E-state index in [-0.39, 0.29) is 11.3 Å². The zero-order valence-corrected chi connectivity index (χ0v) is 21.0. The molecule has 6 atom stereocenters. The fourth-order valence-corrected chi connectivity index (χ4v) is 6.25. The number of benzene rings is 1. The Labute approximate surface area is 208 Å². The number of phosphoric ester groups is 1.